The first-order chi connectivity index (χ1) is 12.1. The summed E-state index contributed by atoms with van der Waals surface area (Å²) in [7, 11) is 0. The van der Waals surface area contributed by atoms with E-state index < -0.39 is 11.9 Å². The first-order valence-electron chi connectivity index (χ1n) is 8.55. The number of allylic oxidation sites excluding steroid dienone is 2. The van der Waals surface area contributed by atoms with Crippen molar-refractivity contribution in [3.63, 3.8) is 0 Å². The topological polar surface area (TPSA) is 84.5 Å². The molecule has 6 heteroatoms. The number of rotatable bonds is 8. The number of hydrogen-bond donors (Lipinski definition) is 2. The van der Waals surface area contributed by atoms with Gasteiger partial charge in [0.2, 0.25) is 5.91 Å². The molecule has 0 aromatic heterocycles. The van der Waals surface area contributed by atoms with E-state index in [9.17, 15) is 14.4 Å². The highest BCUT2D eigenvalue weighted by atomic mass is 16.5. The number of anilines is 1. The van der Waals surface area contributed by atoms with Crippen LogP contribution in [0.5, 0.6) is 0 Å². The number of para-hydroxylation sites is 1. The van der Waals surface area contributed by atoms with Gasteiger partial charge >= 0.3 is 5.97 Å². The third-order valence-corrected chi connectivity index (χ3v) is 4.02. The third-order valence-electron chi connectivity index (χ3n) is 4.02. The van der Waals surface area contributed by atoms with Crippen LogP contribution in [0.1, 0.15) is 31.7 Å². The lowest BCUT2D eigenvalue weighted by atomic mass is 10.1. The summed E-state index contributed by atoms with van der Waals surface area (Å²) < 4.78 is 4.94. The summed E-state index contributed by atoms with van der Waals surface area (Å²) in [4.78, 5) is 35.2. The van der Waals surface area contributed by atoms with Crippen LogP contribution in [0.25, 0.3) is 0 Å². The van der Waals surface area contributed by atoms with Crippen LogP contribution in [0.4, 0.5) is 5.69 Å². The van der Waals surface area contributed by atoms with E-state index in [-0.39, 0.29) is 31.4 Å². The lowest BCUT2D eigenvalue weighted by Gasteiger charge is -2.11. The second-order valence-electron chi connectivity index (χ2n) is 5.97. The molecule has 0 saturated heterocycles. The maximum atomic E-state index is 11.9. The van der Waals surface area contributed by atoms with Crippen LogP contribution in [0.3, 0.4) is 0 Å². The van der Waals surface area contributed by atoms with Crippen molar-refractivity contribution in [2.45, 2.75) is 32.6 Å². The van der Waals surface area contributed by atoms with Crippen LogP contribution in [0.2, 0.25) is 0 Å². The number of hydrogen-bond acceptors (Lipinski definition) is 4. The molecule has 2 N–H and O–H groups in total. The fourth-order valence-corrected chi connectivity index (χ4v) is 2.66. The Balaban J connectivity index is 1.66. The molecule has 0 saturated carbocycles. The van der Waals surface area contributed by atoms with E-state index in [0.29, 0.717) is 0 Å². The highest BCUT2D eigenvalue weighted by Gasteiger charge is 2.16. The second-order valence-corrected chi connectivity index (χ2v) is 5.97. The van der Waals surface area contributed by atoms with E-state index >= 15 is 0 Å². The average molecular weight is 344 g/mol. The third kappa shape index (κ3) is 6.41. The zero-order chi connectivity index (χ0) is 18.1. The van der Waals surface area contributed by atoms with Crippen LogP contribution < -0.4 is 10.6 Å². The predicted octanol–water partition coefficient (Wildman–Crippen LogP) is 2.20. The molecule has 6 nitrogen and oxygen atoms in total. The van der Waals surface area contributed by atoms with Gasteiger partial charge in [0.05, 0.1) is 13.0 Å². The molecular formula is C19H24N2O4. The Kier molecular flexibility index (Phi) is 7.19. The summed E-state index contributed by atoms with van der Waals surface area (Å²) in [6.45, 7) is 1.47. The minimum Gasteiger partial charge on any atom is -0.456 e. The van der Waals surface area contributed by atoms with E-state index in [1.54, 1.807) is 0 Å². The smallest absolute Gasteiger partial charge is 0.306 e. The number of aryl methyl sites for hydroxylation is 1. The lowest BCUT2D eigenvalue weighted by molar-refractivity contribution is -0.149. The van der Waals surface area contributed by atoms with Gasteiger partial charge in [0, 0.05) is 5.69 Å². The van der Waals surface area contributed by atoms with E-state index in [4.69, 9.17) is 4.74 Å². The highest BCUT2D eigenvalue weighted by molar-refractivity contribution is 5.95. The molecule has 0 radical (unpaired) electrons. The number of amides is 2. The lowest BCUT2D eigenvalue weighted by Crippen LogP contribution is -2.35. The molecular weight excluding hydrogens is 320 g/mol. The number of esters is 1. The Morgan fingerprint density at radius 3 is 2.72 bits per heavy atom. The van der Waals surface area contributed by atoms with E-state index in [1.807, 2.05) is 43.3 Å². The standard InChI is InChI=1S/C19H24N2O4/c1-2-15-9-5-6-10-16(15)21-17(22)12-20-18(23)13-25-19(24)11-14-7-3-4-8-14/h3,5-7,9-10,14H,2,4,8,11-13H2,1H3,(H,20,23)(H,21,22)/t14-/m1/s1. The molecule has 0 aliphatic heterocycles. The van der Waals surface area contributed by atoms with Crippen LogP contribution in [-0.4, -0.2) is 30.9 Å². The first-order valence-corrected chi connectivity index (χ1v) is 8.55. The van der Waals surface area contributed by atoms with Crippen molar-refractivity contribution in [2.24, 2.45) is 5.92 Å². The molecule has 0 bridgehead atoms. The molecule has 2 amide bonds. The summed E-state index contributed by atoms with van der Waals surface area (Å²) in [5.74, 6) is -1.00. The highest BCUT2D eigenvalue weighted by Crippen LogP contribution is 2.20. The zero-order valence-corrected chi connectivity index (χ0v) is 14.4. The fourth-order valence-electron chi connectivity index (χ4n) is 2.66. The minimum atomic E-state index is -0.491. The average Bonchev–Trinajstić information content (AvgIpc) is 3.11. The van der Waals surface area contributed by atoms with Gasteiger partial charge < -0.3 is 15.4 Å². The number of nitrogens with one attached hydrogen (secondary N) is 2. The molecule has 2 rings (SSSR count). The van der Waals surface area contributed by atoms with E-state index in [2.05, 4.69) is 10.6 Å². The summed E-state index contributed by atoms with van der Waals surface area (Å²) in [6.07, 6.45) is 7.06. The van der Waals surface area contributed by atoms with Gasteiger partial charge in [-0.3, -0.25) is 14.4 Å². The molecule has 1 aliphatic rings. The Morgan fingerprint density at radius 1 is 1.20 bits per heavy atom. The monoisotopic (exact) mass is 344 g/mol. The molecule has 0 fully saturated rings. The number of carbonyl (C=O) groups excluding carboxylic acids is 3. The maximum absolute atomic E-state index is 11.9. The van der Waals surface area contributed by atoms with Crippen molar-refractivity contribution in [3.8, 4) is 0 Å². The van der Waals surface area contributed by atoms with Gasteiger partial charge in [-0.15, -0.1) is 0 Å². The Morgan fingerprint density at radius 2 is 2.00 bits per heavy atom. The van der Waals surface area contributed by atoms with Gasteiger partial charge in [-0.1, -0.05) is 37.3 Å². The summed E-state index contributed by atoms with van der Waals surface area (Å²) in [5.41, 5.74) is 1.76. The molecule has 1 atom stereocenters. The Bertz CT molecular complexity index is 655. The van der Waals surface area contributed by atoms with Crippen molar-refractivity contribution in [2.75, 3.05) is 18.5 Å². The van der Waals surface area contributed by atoms with Crippen molar-refractivity contribution >= 4 is 23.5 Å². The van der Waals surface area contributed by atoms with Crippen molar-refractivity contribution in [1.29, 1.82) is 0 Å². The summed E-state index contributed by atoms with van der Waals surface area (Å²) >= 11 is 0. The number of benzene rings is 1. The predicted molar refractivity (Wildman–Crippen MR) is 94.9 cm³/mol. The second kappa shape index (κ2) is 9.61. The summed E-state index contributed by atoms with van der Waals surface area (Å²) in [6, 6.07) is 7.50. The normalized spacial score (nSPS) is 15.6. The van der Waals surface area contributed by atoms with E-state index in [0.717, 1.165) is 30.5 Å². The largest absolute Gasteiger partial charge is 0.456 e. The molecule has 0 unspecified atom stereocenters. The van der Waals surface area contributed by atoms with Crippen molar-refractivity contribution < 1.29 is 19.1 Å². The fraction of sp³-hybridized carbons (Fsp3) is 0.421. The minimum absolute atomic E-state index is 0.167. The zero-order valence-electron chi connectivity index (χ0n) is 14.4. The van der Waals surface area contributed by atoms with Gasteiger partial charge in [0.1, 0.15) is 0 Å². The van der Waals surface area contributed by atoms with Crippen LogP contribution in [0, 0.1) is 5.92 Å². The molecule has 1 aliphatic carbocycles. The van der Waals surface area contributed by atoms with Crippen molar-refractivity contribution in [3.05, 3.63) is 42.0 Å². The van der Waals surface area contributed by atoms with Gasteiger partial charge in [0.25, 0.3) is 5.91 Å². The molecule has 134 valence electrons. The molecule has 25 heavy (non-hydrogen) atoms. The van der Waals surface area contributed by atoms with Gasteiger partial charge in [-0.25, -0.2) is 0 Å². The van der Waals surface area contributed by atoms with Gasteiger partial charge in [-0.2, -0.15) is 0 Å². The molecule has 1 aromatic rings. The summed E-state index contributed by atoms with van der Waals surface area (Å²) in [5, 5.41) is 5.21. The van der Waals surface area contributed by atoms with E-state index in [1.165, 1.54) is 0 Å². The van der Waals surface area contributed by atoms with Crippen molar-refractivity contribution in [1.82, 2.24) is 5.32 Å². The quantitative estimate of drug-likeness (QED) is 0.559. The molecule has 0 heterocycles. The van der Waals surface area contributed by atoms with Crippen LogP contribution >= 0.6 is 0 Å². The Hall–Kier alpha value is -2.63. The van der Waals surface area contributed by atoms with Crippen LogP contribution in [-0.2, 0) is 25.5 Å². The maximum Gasteiger partial charge on any atom is 0.306 e. The first kappa shape index (κ1) is 18.7. The molecule has 0 spiro atoms. The van der Waals surface area contributed by atoms with Gasteiger partial charge in [-0.05, 0) is 36.8 Å². The Labute approximate surface area is 147 Å². The van der Waals surface area contributed by atoms with Crippen LogP contribution in [0.15, 0.2) is 36.4 Å². The number of carbonyl (C=O) groups is 3. The SMILES string of the molecule is CCc1ccccc1NC(=O)CNC(=O)COC(=O)C[C@@H]1C=CCC1. The van der Waals surface area contributed by atoms with Gasteiger partial charge in [0.15, 0.2) is 6.61 Å². The molecule has 1 aromatic carbocycles. The number of ether oxygens (including phenoxy) is 1.